The number of rotatable bonds is 3. The molecule has 2 rings (SSSR count). The van der Waals surface area contributed by atoms with Gasteiger partial charge in [0.05, 0.1) is 5.52 Å². The molecule has 5 heteroatoms. The lowest BCUT2D eigenvalue weighted by molar-refractivity contribution is 0.371. The van der Waals surface area contributed by atoms with Crippen LogP contribution >= 0.6 is 12.2 Å². The minimum absolute atomic E-state index is 0.0209. The monoisotopic (exact) mass is 270 g/mol. The predicted molar refractivity (Wildman–Crippen MR) is 71.2 cm³/mol. The minimum Gasteiger partial charge on any atom is -0.330 e. The standard InChI is InChI=1S/C13H16F2N2S/c1-4-7(2)8(3)17-12-10(16-13(17)18)6-5-9(14)11(12)15/h5-8H,4H2,1-3H3,(H,16,18). The van der Waals surface area contributed by atoms with Crippen LogP contribution in [0.15, 0.2) is 12.1 Å². The van der Waals surface area contributed by atoms with E-state index >= 15 is 0 Å². The normalized spacial score (nSPS) is 14.9. The highest BCUT2D eigenvalue weighted by Crippen LogP contribution is 2.28. The maximum atomic E-state index is 13.9. The van der Waals surface area contributed by atoms with Gasteiger partial charge in [-0.05, 0) is 37.2 Å². The van der Waals surface area contributed by atoms with E-state index in [1.165, 1.54) is 6.07 Å². The number of imidazole rings is 1. The van der Waals surface area contributed by atoms with Gasteiger partial charge in [0, 0.05) is 6.04 Å². The zero-order chi connectivity index (χ0) is 13.4. The first-order valence-corrected chi connectivity index (χ1v) is 6.46. The van der Waals surface area contributed by atoms with E-state index in [1.807, 2.05) is 6.92 Å². The van der Waals surface area contributed by atoms with Crippen LogP contribution in [-0.2, 0) is 0 Å². The minimum atomic E-state index is -0.846. The smallest absolute Gasteiger partial charge is 0.184 e. The molecule has 0 aliphatic rings. The second-order valence-electron chi connectivity index (χ2n) is 4.68. The van der Waals surface area contributed by atoms with Crippen LogP contribution in [0.2, 0.25) is 0 Å². The van der Waals surface area contributed by atoms with Gasteiger partial charge in [-0.1, -0.05) is 20.3 Å². The molecule has 0 radical (unpaired) electrons. The molecule has 0 amide bonds. The van der Waals surface area contributed by atoms with Crippen LogP contribution in [0.5, 0.6) is 0 Å². The molecule has 2 aromatic rings. The van der Waals surface area contributed by atoms with Gasteiger partial charge in [0.2, 0.25) is 0 Å². The van der Waals surface area contributed by atoms with Crippen LogP contribution in [0.3, 0.4) is 0 Å². The van der Waals surface area contributed by atoms with Gasteiger partial charge in [0.15, 0.2) is 16.4 Å². The number of fused-ring (bicyclic) bond motifs is 1. The molecule has 18 heavy (non-hydrogen) atoms. The molecule has 2 nitrogen and oxygen atoms in total. The van der Waals surface area contributed by atoms with Gasteiger partial charge in [-0.2, -0.15) is 0 Å². The number of hydrogen-bond acceptors (Lipinski definition) is 1. The second-order valence-corrected chi connectivity index (χ2v) is 5.07. The van der Waals surface area contributed by atoms with Gasteiger partial charge in [0.1, 0.15) is 5.52 Å². The molecular weight excluding hydrogens is 254 g/mol. The van der Waals surface area contributed by atoms with Crippen molar-refractivity contribution in [2.75, 3.05) is 0 Å². The number of H-pyrrole nitrogens is 1. The number of nitrogens with one attached hydrogen (secondary N) is 1. The molecule has 0 spiro atoms. The molecule has 0 saturated heterocycles. The van der Waals surface area contributed by atoms with Crippen LogP contribution in [-0.4, -0.2) is 9.55 Å². The summed E-state index contributed by atoms with van der Waals surface area (Å²) in [6, 6.07) is 2.65. The van der Waals surface area contributed by atoms with Gasteiger partial charge in [0.25, 0.3) is 0 Å². The van der Waals surface area contributed by atoms with Crippen molar-refractivity contribution in [3.63, 3.8) is 0 Å². The van der Waals surface area contributed by atoms with Crippen molar-refractivity contribution in [2.45, 2.75) is 33.2 Å². The highest BCUT2D eigenvalue weighted by atomic mass is 32.1. The topological polar surface area (TPSA) is 20.7 Å². The average Bonchev–Trinajstić information content (AvgIpc) is 2.69. The van der Waals surface area contributed by atoms with Gasteiger partial charge in [-0.3, -0.25) is 0 Å². The summed E-state index contributed by atoms with van der Waals surface area (Å²) in [7, 11) is 0. The van der Waals surface area contributed by atoms with E-state index in [-0.39, 0.29) is 11.6 Å². The molecule has 98 valence electrons. The van der Waals surface area contributed by atoms with Gasteiger partial charge in [-0.25, -0.2) is 8.78 Å². The summed E-state index contributed by atoms with van der Waals surface area (Å²) in [6.07, 6.45) is 0.951. The lowest BCUT2D eigenvalue weighted by Crippen LogP contribution is -2.14. The van der Waals surface area contributed by atoms with Gasteiger partial charge < -0.3 is 9.55 Å². The molecule has 0 aliphatic carbocycles. The quantitative estimate of drug-likeness (QED) is 0.809. The Hall–Kier alpha value is -1.23. The van der Waals surface area contributed by atoms with Crippen molar-refractivity contribution >= 4 is 23.3 Å². The van der Waals surface area contributed by atoms with Gasteiger partial charge in [-0.15, -0.1) is 0 Å². The largest absolute Gasteiger partial charge is 0.330 e. The molecule has 1 aromatic heterocycles. The Labute approximate surface area is 110 Å². The van der Waals surface area contributed by atoms with Crippen molar-refractivity contribution in [3.8, 4) is 0 Å². The third-order valence-electron chi connectivity index (χ3n) is 3.65. The number of aromatic amines is 1. The fraction of sp³-hybridized carbons (Fsp3) is 0.462. The fourth-order valence-electron chi connectivity index (χ4n) is 2.14. The highest BCUT2D eigenvalue weighted by molar-refractivity contribution is 7.71. The van der Waals surface area contributed by atoms with E-state index in [4.69, 9.17) is 12.2 Å². The Morgan fingerprint density at radius 2 is 2.00 bits per heavy atom. The molecule has 1 heterocycles. The zero-order valence-electron chi connectivity index (χ0n) is 10.6. The first-order valence-electron chi connectivity index (χ1n) is 6.05. The fourth-order valence-corrected chi connectivity index (χ4v) is 2.50. The summed E-state index contributed by atoms with van der Waals surface area (Å²) in [5, 5.41) is 0. The molecule has 0 saturated carbocycles. The summed E-state index contributed by atoms with van der Waals surface area (Å²) in [5.74, 6) is -1.35. The highest BCUT2D eigenvalue weighted by Gasteiger charge is 2.20. The summed E-state index contributed by atoms with van der Waals surface area (Å²) in [5.41, 5.74) is 0.766. The number of benzene rings is 1. The Kier molecular flexibility index (Phi) is 3.52. The lowest BCUT2D eigenvalue weighted by atomic mass is 10.0. The summed E-state index contributed by atoms with van der Waals surface area (Å²) >= 11 is 5.22. The van der Waals surface area contributed by atoms with Crippen LogP contribution < -0.4 is 0 Å². The van der Waals surface area contributed by atoms with Crippen molar-refractivity contribution in [1.82, 2.24) is 9.55 Å². The summed E-state index contributed by atoms with van der Waals surface area (Å²) in [6.45, 7) is 6.11. The van der Waals surface area contributed by atoms with Crippen molar-refractivity contribution in [1.29, 1.82) is 0 Å². The first-order chi connectivity index (χ1) is 8.47. The Morgan fingerprint density at radius 1 is 1.33 bits per heavy atom. The molecule has 1 N–H and O–H groups in total. The van der Waals surface area contributed by atoms with E-state index in [9.17, 15) is 8.78 Å². The van der Waals surface area contributed by atoms with E-state index < -0.39 is 11.6 Å². The Bertz CT molecular complexity index is 630. The van der Waals surface area contributed by atoms with E-state index in [0.717, 1.165) is 12.5 Å². The van der Waals surface area contributed by atoms with Crippen molar-refractivity contribution < 1.29 is 8.78 Å². The third-order valence-corrected chi connectivity index (χ3v) is 3.94. The van der Waals surface area contributed by atoms with Crippen LogP contribution in [0.4, 0.5) is 8.78 Å². The number of halogens is 2. The lowest BCUT2D eigenvalue weighted by Gasteiger charge is -2.21. The molecule has 0 aliphatic heterocycles. The molecule has 2 atom stereocenters. The molecule has 0 bridgehead atoms. The van der Waals surface area contributed by atoms with Crippen molar-refractivity contribution in [3.05, 3.63) is 28.5 Å². The first kappa shape index (κ1) is 13.2. The maximum Gasteiger partial charge on any atom is 0.184 e. The number of nitrogens with zero attached hydrogens (tertiary/aromatic N) is 1. The average molecular weight is 270 g/mol. The Balaban J connectivity index is 2.74. The summed E-state index contributed by atoms with van der Waals surface area (Å²) in [4.78, 5) is 2.93. The van der Waals surface area contributed by atoms with E-state index in [2.05, 4.69) is 18.8 Å². The molecular formula is C13H16F2N2S. The Morgan fingerprint density at radius 3 is 2.61 bits per heavy atom. The van der Waals surface area contributed by atoms with Crippen LogP contribution in [0.1, 0.15) is 33.2 Å². The predicted octanol–water partition coefficient (Wildman–Crippen LogP) is 4.58. The molecule has 0 fully saturated rings. The second kappa shape index (κ2) is 4.80. The third kappa shape index (κ3) is 1.96. The SMILES string of the molecule is CCC(C)C(C)n1c(=S)[nH]c2ccc(F)c(F)c21. The van der Waals surface area contributed by atoms with E-state index in [0.29, 0.717) is 16.2 Å². The zero-order valence-corrected chi connectivity index (χ0v) is 11.4. The maximum absolute atomic E-state index is 13.9. The van der Waals surface area contributed by atoms with Crippen LogP contribution in [0, 0.1) is 22.3 Å². The number of hydrogen-bond donors (Lipinski definition) is 1. The van der Waals surface area contributed by atoms with Gasteiger partial charge >= 0.3 is 0 Å². The van der Waals surface area contributed by atoms with E-state index in [1.54, 1.807) is 4.57 Å². The van der Waals surface area contributed by atoms with Crippen LogP contribution in [0.25, 0.3) is 11.0 Å². The molecule has 2 unspecified atom stereocenters. The number of aromatic nitrogens is 2. The summed E-state index contributed by atoms with van der Waals surface area (Å²) < 4.78 is 29.4. The molecule has 1 aromatic carbocycles. The van der Waals surface area contributed by atoms with Crippen molar-refractivity contribution in [2.24, 2.45) is 5.92 Å².